The summed E-state index contributed by atoms with van der Waals surface area (Å²) in [5.74, 6) is -0.0620. The third-order valence-electron chi connectivity index (χ3n) is 4.09. The van der Waals surface area contributed by atoms with Crippen LogP contribution in [0.4, 0.5) is 5.69 Å². The summed E-state index contributed by atoms with van der Waals surface area (Å²) in [6.07, 6.45) is 1.42. The normalized spacial score (nSPS) is 10.5. The molecule has 4 aromatic rings. The molecule has 0 saturated carbocycles. The minimum Gasteiger partial charge on any atom is -0.459 e. The van der Waals surface area contributed by atoms with E-state index in [1.54, 1.807) is 42.5 Å². The molecular weight excluding hydrogens is 372 g/mol. The predicted octanol–water partition coefficient (Wildman–Crippen LogP) is 4.54. The summed E-state index contributed by atoms with van der Waals surface area (Å²) in [6, 6.07) is 20.8. The van der Waals surface area contributed by atoms with Gasteiger partial charge in [-0.15, -0.1) is 0 Å². The molecule has 0 aliphatic rings. The van der Waals surface area contributed by atoms with E-state index in [1.165, 1.54) is 6.26 Å². The van der Waals surface area contributed by atoms with Crippen molar-refractivity contribution < 1.29 is 23.3 Å². The van der Waals surface area contributed by atoms with Crippen LogP contribution in [0, 0.1) is 0 Å². The van der Waals surface area contributed by atoms with Crippen molar-refractivity contribution >= 4 is 17.6 Å². The molecule has 2 heterocycles. The summed E-state index contributed by atoms with van der Waals surface area (Å²) in [7, 11) is 0. The summed E-state index contributed by atoms with van der Waals surface area (Å²) in [5.41, 5.74) is 2.30. The number of hydrogen-bond donors (Lipinski definition) is 1. The lowest BCUT2D eigenvalue weighted by molar-refractivity contribution is 0.0464. The number of amides is 1. The number of carbonyl (C=O) groups excluding carboxylic acids is 2. The van der Waals surface area contributed by atoms with Gasteiger partial charge in [0.2, 0.25) is 0 Å². The highest BCUT2D eigenvalue weighted by Crippen LogP contribution is 2.20. The largest absolute Gasteiger partial charge is 0.459 e. The Morgan fingerprint density at radius 3 is 2.48 bits per heavy atom. The standard InChI is InChI=1S/C22H16N2O5/c25-21(19-7-4-12-27-19)23-17-10-8-16(9-11-17)22(26)28-14-18-13-20(29-24-18)15-5-2-1-3-6-15/h1-13H,14H2,(H,23,25). The van der Waals surface area contributed by atoms with Crippen molar-refractivity contribution in [2.24, 2.45) is 0 Å². The van der Waals surface area contributed by atoms with Crippen LogP contribution in [0.15, 0.2) is 88.0 Å². The maximum atomic E-state index is 12.2. The van der Waals surface area contributed by atoms with Gasteiger partial charge < -0.3 is 19.0 Å². The molecule has 4 rings (SSSR count). The predicted molar refractivity (Wildman–Crippen MR) is 104 cm³/mol. The molecule has 1 amide bonds. The van der Waals surface area contributed by atoms with Crippen LogP contribution in [0.5, 0.6) is 0 Å². The van der Waals surface area contributed by atoms with Crippen LogP contribution in [0.2, 0.25) is 0 Å². The fraction of sp³-hybridized carbons (Fsp3) is 0.0455. The number of nitrogens with one attached hydrogen (secondary N) is 1. The highest BCUT2D eigenvalue weighted by Gasteiger charge is 2.12. The third-order valence-corrected chi connectivity index (χ3v) is 4.09. The Kier molecular flexibility index (Phi) is 5.20. The Hall–Kier alpha value is -4.13. The minimum absolute atomic E-state index is 0.00779. The molecule has 2 aromatic carbocycles. The van der Waals surface area contributed by atoms with E-state index in [2.05, 4.69) is 10.5 Å². The average molecular weight is 388 g/mol. The fourth-order valence-corrected chi connectivity index (χ4v) is 2.63. The van der Waals surface area contributed by atoms with Crippen LogP contribution in [0.25, 0.3) is 11.3 Å². The van der Waals surface area contributed by atoms with Crippen LogP contribution in [0.3, 0.4) is 0 Å². The molecule has 0 saturated heterocycles. The van der Waals surface area contributed by atoms with Crippen molar-refractivity contribution in [3.05, 3.63) is 96.1 Å². The van der Waals surface area contributed by atoms with Crippen LogP contribution in [-0.2, 0) is 11.3 Å². The first-order valence-electron chi connectivity index (χ1n) is 8.82. The molecule has 0 aliphatic carbocycles. The Labute approximate surface area is 165 Å². The van der Waals surface area contributed by atoms with Gasteiger partial charge >= 0.3 is 5.97 Å². The molecule has 0 fully saturated rings. The van der Waals surface area contributed by atoms with Crippen molar-refractivity contribution in [1.29, 1.82) is 0 Å². The second-order valence-electron chi connectivity index (χ2n) is 6.13. The second-order valence-corrected chi connectivity index (χ2v) is 6.13. The molecule has 1 N–H and O–H groups in total. The van der Waals surface area contributed by atoms with Crippen molar-refractivity contribution in [2.45, 2.75) is 6.61 Å². The van der Waals surface area contributed by atoms with Crippen LogP contribution >= 0.6 is 0 Å². The zero-order valence-electron chi connectivity index (χ0n) is 15.2. The number of anilines is 1. The van der Waals surface area contributed by atoms with Gasteiger partial charge in [-0.3, -0.25) is 4.79 Å². The van der Waals surface area contributed by atoms with Crippen molar-refractivity contribution in [2.75, 3.05) is 5.32 Å². The number of hydrogen-bond acceptors (Lipinski definition) is 6. The first kappa shape index (κ1) is 18.2. The summed E-state index contributed by atoms with van der Waals surface area (Å²) in [5, 5.41) is 6.60. The quantitative estimate of drug-likeness (QED) is 0.487. The number of ether oxygens (including phenoxy) is 1. The summed E-state index contributed by atoms with van der Waals surface area (Å²) >= 11 is 0. The Balaban J connectivity index is 1.33. The molecular formula is C22H16N2O5. The number of benzene rings is 2. The van der Waals surface area contributed by atoms with Crippen LogP contribution < -0.4 is 5.32 Å². The van der Waals surface area contributed by atoms with Crippen LogP contribution in [-0.4, -0.2) is 17.0 Å². The van der Waals surface area contributed by atoms with E-state index in [4.69, 9.17) is 13.7 Å². The average Bonchev–Trinajstić information content (AvgIpc) is 3.45. The highest BCUT2D eigenvalue weighted by molar-refractivity contribution is 6.02. The van der Waals surface area contributed by atoms with Crippen molar-refractivity contribution in [3.8, 4) is 11.3 Å². The Morgan fingerprint density at radius 1 is 0.966 bits per heavy atom. The van der Waals surface area contributed by atoms with Crippen molar-refractivity contribution in [1.82, 2.24) is 5.16 Å². The van der Waals surface area contributed by atoms with Gasteiger partial charge in [0, 0.05) is 17.3 Å². The maximum Gasteiger partial charge on any atom is 0.338 e. The second kappa shape index (κ2) is 8.26. The van der Waals surface area contributed by atoms with E-state index in [0.29, 0.717) is 22.7 Å². The molecule has 7 nitrogen and oxygen atoms in total. The molecule has 0 spiro atoms. The summed E-state index contributed by atoms with van der Waals surface area (Å²) in [6.45, 7) is -0.00779. The van der Waals surface area contributed by atoms with Gasteiger partial charge in [-0.05, 0) is 36.4 Å². The van der Waals surface area contributed by atoms with Crippen LogP contribution in [0.1, 0.15) is 26.6 Å². The van der Waals surface area contributed by atoms with E-state index >= 15 is 0 Å². The first-order chi connectivity index (χ1) is 14.2. The molecule has 7 heteroatoms. The number of carbonyl (C=O) groups is 2. The molecule has 0 atom stereocenters. The van der Waals surface area contributed by atoms with Gasteiger partial charge in [0.05, 0.1) is 11.8 Å². The van der Waals surface area contributed by atoms with Crippen molar-refractivity contribution in [3.63, 3.8) is 0 Å². The first-order valence-corrected chi connectivity index (χ1v) is 8.82. The van der Waals surface area contributed by atoms with E-state index in [9.17, 15) is 9.59 Å². The molecule has 29 heavy (non-hydrogen) atoms. The van der Waals surface area contributed by atoms with Gasteiger partial charge in [-0.1, -0.05) is 35.5 Å². The fourth-order valence-electron chi connectivity index (χ4n) is 2.63. The lowest BCUT2D eigenvalue weighted by atomic mass is 10.2. The molecule has 0 unspecified atom stereocenters. The Bertz CT molecular complexity index is 1100. The number of aromatic nitrogens is 1. The van der Waals surface area contributed by atoms with Gasteiger partial charge in [0.1, 0.15) is 12.3 Å². The number of furan rings is 1. The van der Waals surface area contributed by atoms with E-state index in [1.807, 2.05) is 30.3 Å². The summed E-state index contributed by atoms with van der Waals surface area (Å²) < 4.78 is 15.6. The number of esters is 1. The number of nitrogens with zero attached hydrogens (tertiary/aromatic N) is 1. The van der Waals surface area contributed by atoms with E-state index in [0.717, 1.165) is 5.56 Å². The van der Waals surface area contributed by atoms with Gasteiger partial charge in [-0.25, -0.2) is 4.79 Å². The van der Waals surface area contributed by atoms with Gasteiger partial charge in [-0.2, -0.15) is 0 Å². The zero-order chi connectivity index (χ0) is 20.1. The third kappa shape index (κ3) is 4.41. The maximum absolute atomic E-state index is 12.2. The van der Waals surface area contributed by atoms with Gasteiger partial charge in [0.25, 0.3) is 5.91 Å². The van der Waals surface area contributed by atoms with E-state index < -0.39 is 5.97 Å². The molecule has 0 aliphatic heterocycles. The smallest absolute Gasteiger partial charge is 0.338 e. The molecule has 2 aromatic heterocycles. The van der Waals surface area contributed by atoms with E-state index in [-0.39, 0.29) is 18.3 Å². The lowest BCUT2D eigenvalue weighted by Crippen LogP contribution is -2.11. The topological polar surface area (TPSA) is 94.6 Å². The Morgan fingerprint density at radius 2 is 1.76 bits per heavy atom. The zero-order valence-corrected chi connectivity index (χ0v) is 15.2. The number of rotatable bonds is 6. The lowest BCUT2D eigenvalue weighted by Gasteiger charge is -2.05. The highest BCUT2D eigenvalue weighted by atomic mass is 16.5. The molecule has 0 bridgehead atoms. The summed E-state index contributed by atoms with van der Waals surface area (Å²) in [4.78, 5) is 24.2. The molecule has 144 valence electrons. The monoisotopic (exact) mass is 388 g/mol. The van der Waals surface area contributed by atoms with Gasteiger partial charge in [0.15, 0.2) is 11.5 Å². The minimum atomic E-state index is -0.502. The molecule has 0 radical (unpaired) electrons. The SMILES string of the molecule is O=C(OCc1cc(-c2ccccc2)on1)c1ccc(NC(=O)c2ccco2)cc1.